The first-order chi connectivity index (χ1) is 16.4. The highest BCUT2D eigenvalue weighted by atomic mass is 32.2. The lowest BCUT2D eigenvalue weighted by Gasteiger charge is -2.26. The number of benzene rings is 1. The van der Waals surface area contributed by atoms with Crippen molar-refractivity contribution in [3.05, 3.63) is 52.4 Å². The second kappa shape index (κ2) is 9.77. The van der Waals surface area contributed by atoms with E-state index in [4.69, 9.17) is 0 Å². The molecule has 0 amide bonds. The molecular weight excluding hydrogens is 479 g/mol. The summed E-state index contributed by atoms with van der Waals surface area (Å²) >= 11 is 0. The lowest BCUT2D eigenvalue weighted by molar-refractivity contribution is -0.152. The highest BCUT2D eigenvalue weighted by Gasteiger charge is 2.43. The molecule has 1 aliphatic carbocycles. The third kappa shape index (κ3) is 5.61. The number of alkyl halides is 3. The van der Waals surface area contributed by atoms with Crippen LogP contribution in [0.2, 0.25) is 0 Å². The van der Waals surface area contributed by atoms with Gasteiger partial charge in [-0.3, -0.25) is 9.48 Å². The molecule has 1 fully saturated rings. The molecule has 2 heterocycles. The van der Waals surface area contributed by atoms with Gasteiger partial charge in [0.05, 0.1) is 27.3 Å². The summed E-state index contributed by atoms with van der Waals surface area (Å²) in [6, 6.07) is 5.60. The van der Waals surface area contributed by atoms with E-state index < -0.39 is 28.0 Å². The Morgan fingerprint density at radius 3 is 2.34 bits per heavy atom. The van der Waals surface area contributed by atoms with Gasteiger partial charge in [0.25, 0.3) is 5.56 Å². The fraction of sp³-hybridized carbons (Fsp3) is 0.500. The lowest BCUT2D eigenvalue weighted by Crippen LogP contribution is -2.41. The van der Waals surface area contributed by atoms with Crippen molar-refractivity contribution in [3.63, 3.8) is 0 Å². The summed E-state index contributed by atoms with van der Waals surface area (Å²) in [6.07, 6.45) is 2.33. The van der Waals surface area contributed by atoms with E-state index in [2.05, 4.69) is 20.1 Å². The first-order valence-electron chi connectivity index (χ1n) is 11.7. The van der Waals surface area contributed by atoms with Gasteiger partial charge in [0, 0.05) is 11.9 Å². The molecule has 0 bridgehead atoms. The van der Waals surface area contributed by atoms with Gasteiger partial charge in [0.2, 0.25) is 0 Å². The third-order valence-corrected chi connectivity index (χ3v) is 7.73. The summed E-state index contributed by atoms with van der Waals surface area (Å²) in [5, 5.41) is 8.20. The van der Waals surface area contributed by atoms with Crippen molar-refractivity contribution < 1.29 is 17.4 Å². The van der Waals surface area contributed by atoms with Crippen LogP contribution in [-0.4, -0.2) is 29.9 Å². The number of pyridine rings is 1. The van der Waals surface area contributed by atoms with E-state index in [-0.39, 0.29) is 17.2 Å². The minimum absolute atomic E-state index is 0.0592. The van der Waals surface area contributed by atoms with Crippen LogP contribution in [0, 0.1) is 0 Å². The number of hydrogen-bond acceptors (Lipinski definition) is 4. The van der Waals surface area contributed by atoms with Crippen molar-refractivity contribution in [1.29, 1.82) is 0 Å². The van der Waals surface area contributed by atoms with Crippen LogP contribution in [0.15, 0.2) is 41.3 Å². The smallest absolute Gasteiger partial charge is 0.338 e. The summed E-state index contributed by atoms with van der Waals surface area (Å²) < 4.78 is 56.8. The monoisotopic (exact) mass is 509 g/mol. The molecule has 2 aromatic heterocycles. The molecule has 0 spiro atoms. The molecule has 1 aliphatic rings. The molecule has 0 saturated heterocycles. The summed E-state index contributed by atoms with van der Waals surface area (Å²) in [5.41, 5.74) is 0.876. The topological polar surface area (TPSA) is 91.8 Å². The molecule has 7 nitrogen and oxygen atoms in total. The van der Waals surface area contributed by atoms with E-state index in [0.29, 0.717) is 16.9 Å². The molecule has 11 heteroatoms. The van der Waals surface area contributed by atoms with Crippen LogP contribution in [-0.2, 0) is 11.0 Å². The quantitative estimate of drug-likeness (QED) is 0.402. The van der Waals surface area contributed by atoms with Crippen LogP contribution in [0.1, 0.15) is 70.5 Å². The molecule has 1 saturated carbocycles. The van der Waals surface area contributed by atoms with E-state index in [1.165, 1.54) is 30.7 Å². The van der Waals surface area contributed by atoms with Crippen LogP contribution in [0.25, 0.3) is 10.9 Å². The predicted molar refractivity (Wildman–Crippen MR) is 132 cm³/mol. The molecule has 35 heavy (non-hydrogen) atoms. The van der Waals surface area contributed by atoms with Crippen molar-refractivity contribution in [3.8, 4) is 0 Å². The molecule has 3 N–H and O–H groups in total. The van der Waals surface area contributed by atoms with Crippen LogP contribution >= 0.6 is 0 Å². The van der Waals surface area contributed by atoms with Crippen LogP contribution < -0.4 is 15.6 Å². The average Bonchev–Trinajstić information content (AvgIpc) is 3.17. The maximum absolute atomic E-state index is 13.7. The maximum Gasteiger partial charge on any atom is 0.408 e. The minimum Gasteiger partial charge on any atom is -0.338 e. The Kier molecular flexibility index (Phi) is 7.10. The number of hydrogen-bond donors (Lipinski definition) is 3. The Bertz CT molecular complexity index is 1260. The predicted octanol–water partition coefficient (Wildman–Crippen LogP) is 5.63. The van der Waals surface area contributed by atoms with Crippen LogP contribution in [0.3, 0.4) is 0 Å². The number of fused-ring (bicyclic) bond motifs is 1. The Hall–Kier alpha value is -2.66. The number of nitrogens with one attached hydrogen (secondary N) is 3. The second-order valence-electron chi connectivity index (χ2n) is 9.87. The molecule has 190 valence electrons. The molecule has 2 atom stereocenters. The number of anilines is 2. The maximum atomic E-state index is 13.7. The second-order valence-corrected chi connectivity index (χ2v) is 11.9. The van der Waals surface area contributed by atoms with Crippen molar-refractivity contribution in [2.75, 3.05) is 5.32 Å². The first-order valence-corrected chi connectivity index (χ1v) is 12.8. The SMILES string of the molecule is CC(C)(C)S(=O)NC(c1ccc(Nc2nn(C3CCCCC3)c3cc[nH]c(=O)c23)cc1)C(F)(F)F. The van der Waals surface area contributed by atoms with Crippen molar-refractivity contribution >= 4 is 33.4 Å². The number of rotatable bonds is 6. The van der Waals surface area contributed by atoms with Gasteiger partial charge < -0.3 is 10.3 Å². The number of H-pyrrole nitrogens is 1. The van der Waals surface area contributed by atoms with Crippen LogP contribution in [0.5, 0.6) is 0 Å². The zero-order valence-electron chi connectivity index (χ0n) is 19.9. The lowest BCUT2D eigenvalue weighted by atomic mass is 9.95. The molecule has 4 rings (SSSR count). The van der Waals surface area contributed by atoms with Crippen molar-refractivity contribution in [2.45, 2.75) is 75.9 Å². The van der Waals surface area contributed by atoms with Gasteiger partial charge in [-0.2, -0.15) is 18.3 Å². The molecule has 1 aromatic carbocycles. The Morgan fingerprint density at radius 1 is 1.09 bits per heavy atom. The molecule has 0 aliphatic heterocycles. The van der Waals surface area contributed by atoms with Crippen molar-refractivity contribution in [1.82, 2.24) is 19.5 Å². The average molecular weight is 510 g/mol. The number of halogens is 3. The Morgan fingerprint density at radius 2 is 1.74 bits per heavy atom. The normalized spacial score (nSPS) is 17.4. The summed E-state index contributed by atoms with van der Waals surface area (Å²) in [4.78, 5) is 15.3. The van der Waals surface area contributed by atoms with Gasteiger partial charge >= 0.3 is 6.18 Å². The summed E-state index contributed by atoms with van der Waals surface area (Å²) in [6.45, 7) is 4.82. The summed E-state index contributed by atoms with van der Waals surface area (Å²) in [7, 11) is -1.91. The van der Waals surface area contributed by atoms with Crippen molar-refractivity contribution in [2.24, 2.45) is 0 Å². The number of aromatic nitrogens is 3. The van der Waals surface area contributed by atoms with Gasteiger partial charge in [-0.05, 0) is 57.4 Å². The fourth-order valence-electron chi connectivity index (χ4n) is 4.29. The van der Waals surface area contributed by atoms with Gasteiger partial charge in [-0.15, -0.1) is 0 Å². The molecule has 2 unspecified atom stereocenters. The van der Waals surface area contributed by atoms with E-state index >= 15 is 0 Å². The zero-order chi connectivity index (χ0) is 25.4. The minimum atomic E-state index is -4.63. The van der Waals surface area contributed by atoms with Gasteiger partial charge in [0.15, 0.2) is 5.82 Å². The number of aromatic amines is 1. The van der Waals surface area contributed by atoms with E-state index in [1.807, 2.05) is 10.7 Å². The van der Waals surface area contributed by atoms with Gasteiger partial charge in [-0.25, -0.2) is 8.93 Å². The van der Waals surface area contributed by atoms with E-state index in [9.17, 15) is 22.2 Å². The Balaban J connectivity index is 1.62. The fourth-order valence-corrected chi connectivity index (χ4v) is 5.13. The largest absolute Gasteiger partial charge is 0.408 e. The van der Waals surface area contributed by atoms with Crippen LogP contribution in [0.4, 0.5) is 24.7 Å². The van der Waals surface area contributed by atoms with E-state index in [1.54, 1.807) is 27.0 Å². The third-order valence-electron chi connectivity index (χ3n) is 6.17. The molecular formula is C24H30F3N5O2S. The first kappa shape index (κ1) is 25.4. The molecule has 0 radical (unpaired) electrons. The standard InChI is InChI=1S/C24H30F3N5O2S/c1-23(2,3)35(34)31-20(24(25,26)27)15-9-11-16(12-10-15)29-21-19-18(13-14-28-22(19)33)32(30-21)17-7-5-4-6-8-17/h9-14,17,20,31H,4-8H2,1-3H3,(H,28,33)(H,29,30). The molecule has 3 aromatic rings. The summed E-state index contributed by atoms with van der Waals surface area (Å²) in [5.74, 6) is 0.361. The highest BCUT2D eigenvalue weighted by molar-refractivity contribution is 7.84. The number of nitrogens with zero attached hydrogens (tertiary/aromatic N) is 2. The highest BCUT2D eigenvalue weighted by Crippen LogP contribution is 2.36. The zero-order valence-corrected chi connectivity index (χ0v) is 20.7. The van der Waals surface area contributed by atoms with Gasteiger partial charge in [0.1, 0.15) is 11.4 Å². The Labute approximate surface area is 204 Å². The van der Waals surface area contributed by atoms with E-state index in [0.717, 1.165) is 31.2 Å². The van der Waals surface area contributed by atoms with Gasteiger partial charge in [-0.1, -0.05) is 31.4 Å².